The number of amides is 1. The van der Waals surface area contributed by atoms with Crippen molar-refractivity contribution >= 4 is 27.5 Å². The minimum Gasteiger partial charge on any atom is -0.495 e. The van der Waals surface area contributed by atoms with Crippen LogP contribution >= 0.6 is 11.3 Å². The van der Waals surface area contributed by atoms with E-state index >= 15 is 0 Å². The van der Waals surface area contributed by atoms with Gasteiger partial charge in [-0.2, -0.15) is 4.99 Å². The van der Waals surface area contributed by atoms with Gasteiger partial charge in [0.05, 0.1) is 18.2 Å². The summed E-state index contributed by atoms with van der Waals surface area (Å²) in [5, 5.41) is 0. The van der Waals surface area contributed by atoms with E-state index in [1.807, 2.05) is 48.5 Å². The van der Waals surface area contributed by atoms with Gasteiger partial charge < -0.3 is 9.30 Å². The molecule has 0 aliphatic rings. The Kier molecular flexibility index (Phi) is 5.11. The normalized spacial score (nSPS) is 11.8. The lowest BCUT2D eigenvalue weighted by atomic mass is 10.1. The molecule has 1 amide bonds. The molecule has 2 aromatic carbocycles. The summed E-state index contributed by atoms with van der Waals surface area (Å²) < 4.78 is 8.65. The summed E-state index contributed by atoms with van der Waals surface area (Å²) in [6.07, 6.45) is 1.28. The summed E-state index contributed by atoms with van der Waals surface area (Å²) in [7, 11) is 1.67. The fourth-order valence-electron chi connectivity index (χ4n) is 2.70. The predicted octanol–water partition coefficient (Wildman–Crippen LogP) is 3.79. The number of hydrogen-bond donors (Lipinski definition) is 0. The van der Waals surface area contributed by atoms with E-state index in [0.717, 1.165) is 39.3 Å². The average molecular weight is 340 g/mol. The standard InChI is InChI=1S/C19H20N2O2S/c1-3-12-21-18-15(23-2)10-7-11-16(18)24-19(21)20-17(22)13-14-8-5-4-6-9-14/h4-11H,3,12-13H2,1-2H3. The van der Waals surface area contributed by atoms with Gasteiger partial charge in [0.15, 0.2) is 4.80 Å². The Morgan fingerprint density at radius 1 is 1.17 bits per heavy atom. The van der Waals surface area contributed by atoms with Crippen molar-refractivity contribution in [3.05, 3.63) is 58.9 Å². The number of methoxy groups -OCH3 is 1. The van der Waals surface area contributed by atoms with Gasteiger partial charge in [0.1, 0.15) is 11.3 Å². The van der Waals surface area contributed by atoms with Crippen molar-refractivity contribution in [1.29, 1.82) is 0 Å². The third-order valence-electron chi connectivity index (χ3n) is 3.75. The molecule has 3 rings (SSSR count). The van der Waals surface area contributed by atoms with Gasteiger partial charge in [-0.25, -0.2) is 0 Å². The maximum absolute atomic E-state index is 12.4. The number of benzene rings is 2. The molecule has 0 aliphatic heterocycles. The van der Waals surface area contributed by atoms with E-state index in [1.165, 1.54) is 11.3 Å². The number of para-hydroxylation sites is 1. The summed E-state index contributed by atoms with van der Waals surface area (Å²) in [4.78, 5) is 17.5. The van der Waals surface area contributed by atoms with E-state index in [1.54, 1.807) is 7.11 Å². The lowest BCUT2D eigenvalue weighted by Gasteiger charge is -2.07. The Hall–Kier alpha value is -2.40. The highest BCUT2D eigenvalue weighted by Gasteiger charge is 2.12. The highest BCUT2D eigenvalue weighted by atomic mass is 32.1. The van der Waals surface area contributed by atoms with Crippen molar-refractivity contribution in [3.63, 3.8) is 0 Å². The first-order chi connectivity index (χ1) is 11.7. The summed E-state index contributed by atoms with van der Waals surface area (Å²) >= 11 is 1.53. The van der Waals surface area contributed by atoms with E-state index in [4.69, 9.17) is 4.74 Å². The molecule has 5 heteroatoms. The van der Waals surface area contributed by atoms with Crippen molar-refractivity contribution in [3.8, 4) is 5.75 Å². The van der Waals surface area contributed by atoms with Gasteiger partial charge in [-0.15, -0.1) is 0 Å². The van der Waals surface area contributed by atoms with E-state index in [0.29, 0.717) is 6.42 Å². The van der Waals surface area contributed by atoms with Gasteiger partial charge in [-0.3, -0.25) is 4.79 Å². The SMILES string of the molecule is CCCn1c(=NC(=O)Cc2ccccc2)sc2cccc(OC)c21. The van der Waals surface area contributed by atoms with Gasteiger partial charge in [0, 0.05) is 6.54 Å². The van der Waals surface area contributed by atoms with E-state index in [9.17, 15) is 4.79 Å². The van der Waals surface area contributed by atoms with Crippen molar-refractivity contribution in [2.45, 2.75) is 26.3 Å². The maximum atomic E-state index is 12.4. The minimum absolute atomic E-state index is 0.128. The number of aromatic nitrogens is 1. The zero-order valence-corrected chi connectivity index (χ0v) is 14.7. The molecule has 0 bridgehead atoms. The van der Waals surface area contributed by atoms with Crippen LogP contribution < -0.4 is 9.54 Å². The zero-order valence-electron chi connectivity index (χ0n) is 13.9. The second kappa shape index (κ2) is 7.45. The molecule has 3 aromatic rings. The van der Waals surface area contributed by atoms with E-state index in [-0.39, 0.29) is 5.91 Å². The van der Waals surface area contributed by atoms with Crippen LogP contribution in [0, 0.1) is 0 Å². The van der Waals surface area contributed by atoms with E-state index in [2.05, 4.69) is 16.5 Å². The van der Waals surface area contributed by atoms with Gasteiger partial charge in [-0.05, 0) is 24.1 Å². The lowest BCUT2D eigenvalue weighted by molar-refractivity contribution is -0.117. The van der Waals surface area contributed by atoms with Crippen molar-refractivity contribution in [1.82, 2.24) is 4.57 Å². The largest absolute Gasteiger partial charge is 0.495 e. The Balaban J connectivity index is 2.04. The van der Waals surface area contributed by atoms with Crippen LogP contribution in [-0.4, -0.2) is 17.6 Å². The van der Waals surface area contributed by atoms with Crippen molar-refractivity contribution in [2.75, 3.05) is 7.11 Å². The van der Waals surface area contributed by atoms with Crippen LogP contribution in [0.15, 0.2) is 53.5 Å². The van der Waals surface area contributed by atoms with Gasteiger partial charge in [-0.1, -0.05) is 54.7 Å². The predicted molar refractivity (Wildman–Crippen MR) is 97.4 cm³/mol. The maximum Gasteiger partial charge on any atom is 0.252 e. The van der Waals surface area contributed by atoms with Crippen LogP contribution in [0.4, 0.5) is 0 Å². The molecule has 1 heterocycles. The molecule has 4 nitrogen and oxygen atoms in total. The molecule has 124 valence electrons. The quantitative estimate of drug-likeness (QED) is 0.709. The molecule has 0 saturated carbocycles. The molecule has 0 saturated heterocycles. The Bertz CT molecular complexity index is 910. The summed E-state index contributed by atoms with van der Waals surface area (Å²) in [6, 6.07) is 15.6. The Morgan fingerprint density at radius 3 is 2.67 bits per heavy atom. The Morgan fingerprint density at radius 2 is 1.96 bits per heavy atom. The second-order valence-electron chi connectivity index (χ2n) is 5.51. The minimum atomic E-state index is -0.128. The van der Waals surface area contributed by atoms with Gasteiger partial charge >= 0.3 is 0 Å². The van der Waals surface area contributed by atoms with Crippen LogP contribution in [-0.2, 0) is 17.8 Å². The molecule has 0 atom stereocenters. The zero-order chi connectivity index (χ0) is 16.9. The number of fused-ring (bicyclic) bond motifs is 1. The van der Waals surface area contributed by atoms with Crippen LogP contribution in [0.2, 0.25) is 0 Å². The first-order valence-corrected chi connectivity index (χ1v) is 8.82. The molecular formula is C19H20N2O2S. The molecule has 1 aromatic heterocycles. The fourth-order valence-corrected chi connectivity index (χ4v) is 3.79. The highest BCUT2D eigenvalue weighted by Crippen LogP contribution is 2.27. The molecule has 0 N–H and O–H groups in total. The average Bonchev–Trinajstić information content (AvgIpc) is 2.93. The fraction of sp³-hybridized carbons (Fsp3) is 0.263. The first-order valence-electron chi connectivity index (χ1n) is 8.00. The van der Waals surface area contributed by atoms with E-state index < -0.39 is 0 Å². The first kappa shape index (κ1) is 16.5. The molecule has 0 unspecified atom stereocenters. The van der Waals surface area contributed by atoms with Crippen LogP contribution in [0.25, 0.3) is 10.2 Å². The van der Waals surface area contributed by atoms with Crippen molar-refractivity contribution < 1.29 is 9.53 Å². The number of hydrogen-bond acceptors (Lipinski definition) is 3. The summed E-state index contributed by atoms with van der Waals surface area (Å²) in [5.41, 5.74) is 1.99. The topological polar surface area (TPSA) is 43.6 Å². The molecular weight excluding hydrogens is 320 g/mol. The van der Waals surface area contributed by atoms with Crippen LogP contribution in [0.3, 0.4) is 0 Å². The van der Waals surface area contributed by atoms with Crippen LogP contribution in [0.1, 0.15) is 18.9 Å². The summed E-state index contributed by atoms with van der Waals surface area (Å²) in [6.45, 7) is 2.92. The third-order valence-corrected chi connectivity index (χ3v) is 4.79. The number of aryl methyl sites for hydroxylation is 1. The second-order valence-corrected chi connectivity index (χ2v) is 6.52. The monoisotopic (exact) mass is 340 g/mol. The molecule has 24 heavy (non-hydrogen) atoms. The molecule has 0 aliphatic carbocycles. The Labute approximate surface area is 145 Å². The van der Waals surface area contributed by atoms with Crippen LogP contribution in [0.5, 0.6) is 5.75 Å². The number of ether oxygens (including phenoxy) is 1. The lowest BCUT2D eigenvalue weighted by Crippen LogP contribution is -2.17. The smallest absolute Gasteiger partial charge is 0.252 e. The van der Waals surface area contributed by atoms with Gasteiger partial charge in [0.2, 0.25) is 0 Å². The number of nitrogens with zero attached hydrogens (tertiary/aromatic N) is 2. The molecule has 0 fully saturated rings. The number of carbonyl (C=O) groups excluding carboxylic acids is 1. The highest BCUT2D eigenvalue weighted by molar-refractivity contribution is 7.16. The van der Waals surface area contributed by atoms with Crippen molar-refractivity contribution in [2.24, 2.45) is 4.99 Å². The number of carbonyl (C=O) groups is 1. The third kappa shape index (κ3) is 3.41. The van der Waals surface area contributed by atoms with Gasteiger partial charge in [0.25, 0.3) is 5.91 Å². The number of thiazole rings is 1. The molecule has 0 radical (unpaired) electrons. The number of rotatable bonds is 5. The molecule has 0 spiro atoms. The summed E-state index contributed by atoms with van der Waals surface area (Å²) in [5.74, 6) is 0.686.